The van der Waals surface area contributed by atoms with Gasteiger partial charge in [-0.05, 0) is 19.3 Å². The zero-order valence-corrected chi connectivity index (χ0v) is 16.7. The lowest BCUT2D eigenvalue weighted by Crippen LogP contribution is -2.57. The number of rotatable bonds is 9. The molecular weight excluding hydrogens is 430 g/mol. The minimum absolute atomic E-state index is 0.00920. The van der Waals surface area contributed by atoms with Crippen molar-refractivity contribution in [3.63, 3.8) is 0 Å². The fraction of sp³-hybridized carbons (Fsp3) is 0.917. The first kappa shape index (κ1) is 24.5. The number of oxime groups is 1. The zero-order chi connectivity index (χ0) is 20.8. The van der Waals surface area contributed by atoms with E-state index in [1.165, 1.54) is 0 Å². The Balaban J connectivity index is 2.82. The van der Waals surface area contributed by atoms with E-state index in [9.17, 15) is 36.7 Å². The molecule has 0 spiro atoms. The van der Waals surface area contributed by atoms with Crippen molar-refractivity contribution in [3.05, 3.63) is 0 Å². The van der Waals surface area contributed by atoms with E-state index in [1.807, 2.05) is 0 Å². The second kappa shape index (κ2) is 10.3. The smallest absolute Gasteiger partial charge is 0.284 e. The molecule has 0 aromatic rings. The summed E-state index contributed by atoms with van der Waals surface area (Å²) in [5, 5.41) is 41.7. The van der Waals surface area contributed by atoms with Crippen LogP contribution in [0.5, 0.6) is 0 Å². The summed E-state index contributed by atoms with van der Waals surface area (Å²) in [7, 11) is -8.34. The highest BCUT2D eigenvalue weighted by atomic mass is 32.3. The lowest BCUT2D eigenvalue weighted by atomic mass is 10.0. The predicted octanol–water partition coefficient (Wildman–Crippen LogP) is -2.48. The van der Waals surface area contributed by atoms with Crippen LogP contribution in [0.3, 0.4) is 0 Å². The molecule has 1 heterocycles. The van der Waals surface area contributed by atoms with Crippen LogP contribution in [0.25, 0.3) is 0 Å². The van der Waals surface area contributed by atoms with Gasteiger partial charge in [0.25, 0.3) is 10.4 Å². The van der Waals surface area contributed by atoms with Crippen LogP contribution in [0, 0.1) is 0 Å². The van der Waals surface area contributed by atoms with Crippen molar-refractivity contribution in [2.24, 2.45) is 5.16 Å². The molecule has 1 fully saturated rings. The van der Waals surface area contributed by atoms with E-state index in [0.717, 1.165) is 6.26 Å². The van der Waals surface area contributed by atoms with Gasteiger partial charge in [0.05, 0.1) is 6.61 Å². The molecule has 0 saturated carbocycles. The van der Waals surface area contributed by atoms with Gasteiger partial charge in [0.15, 0.2) is 0 Å². The first-order valence-corrected chi connectivity index (χ1v) is 12.0. The number of thioether (sulfide) groups is 1. The molecule has 1 saturated heterocycles. The van der Waals surface area contributed by atoms with Crippen LogP contribution < -0.4 is 0 Å². The molecule has 0 aromatic carbocycles. The van der Waals surface area contributed by atoms with Gasteiger partial charge in [0, 0.05) is 12.0 Å². The van der Waals surface area contributed by atoms with E-state index in [2.05, 4.69) is 9.44 Å². The summed E-state index contributed by atoms with van der Waals surface area (Å²) in [6.45, 7) is -0.658. The van der Waals surface area contributed by atoms with Crippen LogP contribution >= 0.6 is 11.8 Å². The van der Waals surface area contributed by atoms with Crippen molar-refractivity contribution in [3.8, 4) is 0 Å². The van der Waals surface area contributed by atoms with Crippen LogP contribution in [0.4, 0.5) is 0 Å². The molecule has 0 aliphatic carbocycles. The number of hydrogen-bond acceptors (Lipinski definition) is 13. The summed E-state index contributed by atoms with van der Waals surface area (Å²) in [6, 6.07) is 0. The average Bonchev–Trinajstić information content (AvgIpc) is 2.54. The third-order valence-electron chi connectivity index (χ3n) is 3.49. The van der Waals surface area contributed by atoms with Gasteiger partial charge in [-0.3, -0.25) is 4.28 Å². The Morgan fingerprint density at radius 3 is 2.30 bits per heavy atom. The van der Waals surface area contributed by atoms with E-state index in [1.54, 1.807) is 0 Å². The van der Waals surface area contributed by atoms with E-state index in [-0.39, 0.29) is 30.1 Å². The van der Waals surface area contributed by atoms with Crippen molar-refractivity contribution in [2.45, 2.75) is 49.1 Å². The maximum absolute atomic E-state index is 11.1. The molecule has 1 aliphatic heterocycles. The first-order chi connectivity index (χ1) is 12.3. The molecule has 12 nitrogen and oxygen atoms in total. The Hall–Kier alpha value is -0.520. The summed E-state index contributed by atoms with van der Waals surface area (Å²) >= 11 is 0.615. The molecule has 0 amide bonds. The van der Waals surface area contributed by atoms with Gasteiger partial charge < -0.3 is 29.7 Å². The number of hydrogen-bond donors (Lipinski definition) is 4. The number of aliphatic hydroxyl groups excluding tert-OH is 4. The van der Waals surface area contributed by atoms with Gasteiger partial charge in [-0.25, -0.2) is 8.42 Å². The zero-order valence-electron chi connectivity index (χ0n) is 14.2. The third-order valence-corrected chi connectivity index (χ3v) is 5.95. The summed E-state index contributed by atoms with van der Waals surface area (Å²) < 4.78 is 63.1. The lowest BCUT2D eigenvalue weighted by Gasteiger charge is -2.39. The van der Waals surface area contributed by atoms with Crippen LogP contribution in [0.2, 0.25) is 0 Å². The average molecular weight is 453 g/mol. The van der Waals surface area contributed by atoms with Crippen molar-refractivity contribution in [1.82, 2.24) is 0 Å². The largest absolute Gasteiger partial charge is 0.714 e. The molecule has 4 N–H and O–H groups in total. The molecule has 5 atom stereocenters. The lowest BCUT2D eigenvalue weighted by molar-refractivity contribution is -0.205. The van der Waals surface area contributed by atoms with Crippen molar-refractivity contribution in [2.75, 3.05) is 18.6 Å². The Morgan fingerprint density at radius 2 is 1.78 bits per heavy atom. The highest BCUT2D eigenvalue weighted by molar-refractivity contribution is 8.14. The maximum Gasteiger partial charge on any atom is 0.284 e. The number of unbranched alkanes of at least 4 members (excludes halogenated alkanes) is 1. The Morgan fingerprint density at radius 1 is 1.15 bits per heavy atom. The molecule has 1 rings (SSSR count). The van der Waals surface area contributed by atoms with Gasteiger partial charge in [0.2, 0.25) is 0 Å². The Bertz CT molecular complexity index is 706. The number of aliphatic hydroxyl groups is 4. The number of nitrogens with zero attached hydrogens (tertiary/aromatic N) is 1. The third kappa shape index (κ3) is 9.01. The molecule has 27 heavy (non-hydrogen) atoms. The number of ether oxygens (including phenoxy) is 1. The molecular formula is C12H22NO11S3-. The van der Waals surface area contributed by atoms with E-state index >= 15 is 0 Å². The van der Waals surface area contributed by atoms with Crippen LogP contribution in [-0.2, 0) is 29.3 Å². The van der Waals surface area contributed by atoms with Crippen LogP contribution in [0.15, 0.2) is 5.16 Å². The van der Waals surface area contributed by atoms with Crippen LogP contribution in [-0.4, -0.2) is 95.3 Å². The highest BCUT2D eigenvalue weighted by Crippen LogP contribution is 2.30. The molecule has 1 aliphatic rings. The summed E-state index contributed by atoms with van der Waals surface area (Å²) in [6.07, 6.45) is -4.52. The van der Waals surface area contributed by atoms with E-state index in [4.69, 9.17) is 9.84 Å². The molecule has 0 aromatic heterocycles. The number of sulfone groups is 1. The fourth-order valence-electron chi connectivity index (χ4n) is 2.15. The van der Waals surface area contributed by atoms with Gasteiger partial charge in [0.1, 0.15) is 44.7 Å². The van der Waals surface area contributed by atoms with Crippen molar-refractivity contribution >= 4 is 37.0 Å². The Labute approximate surface area is 161 Å². The fourth-order valence-corrected chi connectivity index (χ4v) is 4.22. The molecule has 0 bridgehead atoms. The summed E-state index contributed by atoms with van der Waals surface area (Å²) in [5.41, 5.74) is -1.26. The first-order valence-electron chi connectivity index (χ1n) is 7.70. The molecule has 160 valence electrons. The van der Waals surface area contributed by atoms with Crippen LogP contribution in [0.1, 0.15) is 19.3 Å². The molecule has 15 heteroatoms. The minimum Gasteiger partial charge on any atom is -0.714 e. The van der Waals surface area contributed by atoms with Gasteiger partial charge in [-0.2, -0.15) is 8.42 Å². The normalized spacial score (nSPS) is 30.3. The summed E-state index contributed by atoms with van der Waals surface area (Å²) in [5.74, 6) is -0.119. The monoisotopic (exact) mass is 452 g/mol. The quantitative estimate of drug-likeness (QED) is 0.0717. The second-order valence-corrected chi connectivity index (χ2v) is 10.3. The van der Waals surface area contributed by atoms with E-state index in [0.29, 0.717) is 11.8 Å². The van der Waals surface area contributed by atoms with Gasteiger partial charge in [-0.15, -0.1) is 0 Å². The SMILES string of the molecule is CS(=O)(=O)CCCC/C(=N\OS(=O)(=O)[O-])S[C@@H]1O[C@H](CO)[C@@H](O)[C@H](O)[C@H]1O. The van der Waals surface area contributed by atoms with Gasteiger partial charge >= 0.3 is 0 Å². The predicted molar refractivity (Wildman–Crippen MR) is 93.1 cm³/mol. The molecule has 0 unspecified atom stereocenters. The van der Waals surface area contributed by atoms with Gasteiger partial charge in [-0.1, -0.05) is 16.9 Å². The highest BCUT2D eigenvalue weighted by Gasteiger charge is 2.44. The standard InChI is InChI=1S/C12H23NO11S3/c1-26(18,19)5-3-2-4-8(13-24-27(20,21)22)25-12-11(17)10(16)9(15)7(6-14)23-12/h7,9-12,14-17H,2-6H2,1H3,(H,20,21,22)/p-1/b13-8+/t7-,9-,10+,11-,12+/m1/s1. The Kier molecular flexibility index (Phi) is 9.36. The molecule has 0 radical (unpaired) electrons. The minimum atomic E-state index is -5.14. The topological polar surface area (TPSA) is 203 Å². The van der Waals surface area contributed by atoms with E-state index < -0.39 is 56.7 Å². The summed E-state index contributed by atoms with van der Waals surface area (Å²) in [4.78, 5) is 0. The van der Waals surface area contributed by atoms with Crippen molar-refractivity contribution in [1.29, 1.82) is 0 Å². The van der Waals surface area contributed by atoms with Crippen molar-refractivity contribution < 1.29 is 50.8 Å². The maximum atomic E-state index is 11.1. The second-order valence-electron chi connectivity index (χ2n) is 5.87.